The van der Waals surface area contributed by atoms with Crippen molar-refractivity contribution in [2.75, 3.05) is 13.2 Å². The Hall–Kier alpha value is -1.95. The molecule has 0 aliphatic carbocycles. The normalized spacial score (nSPS) is 18.2. The van der Waals surface area contributed by atoms with E-state index in [0.717, 1.165) is 0 Å². The molecule has 1 unspecified atom stereocenters. The minimum absolute atomic E-state index is 0.258. The van der Waals surface area contributed by atoms with E-state index in [-0.39, 0.29) is 24.6 Å². The Balaban J connectivity index is 1.94. The summed E-state index contributed by atoms with van der Waals surface area (Å²) in [5.41, 5.74) is -0.687. The van der Waals surface area contributed by atoms with Crippen LogP contribution in [0.1, 0.15) is 31.7 Å². The molecule has 6 heteroatoms. The molecule has 1 amide bonds. The molecule has 5 nitrogen and oxygen atoms in total. The molecule has 1 saturated heterocycles. The molecule has 2 N–H and O–H groups in total. The molecule has 126 valence electrons. The Labute approximate surface area is 134 Å². The molecule has 0 aromatic heterocycles. The van der Waals surface area contributed by atoms with Crippen LogP contribution in [0.4, 0.5) is 4.39 Å². The Morgan fingerprint density at radius 1 is 1.35 bits per heavy atom. The van der Waals surface area contributed by atoms with Gasteiger partial charge in [0, 0.05) is 32.0 Å². The van der Waals surface area contributed by atoms with Gasteiger partial charge in [0.1, 0.15) is 11.4 Å². The van der Waals surface area contributed by atoms with E-state index in [1.165, 1.54) is 6.07 Å². The highest BCUT2D eigenvalue weighted by Gasteiger charge is 2.42. The number of hydrogen-bond acceptors (Lipinski definition) is 3. The average molecular weight is 323 g/mol. The second-order valence-electron chi connectivity index (χ2n) is 6.02. The summed E-state index contributed by atoms with van der Waals surface area (Å²) in [4.78, 5) is 23.9. The molecule has 0 saturated carbocycles. The van der Waals surface area contributed by atoms with Gasteiger partial charge in [-0.1, -0.05) is 25.1 Å². The van der Waals surface area contributed by atoms with Crippen LogP contribution >= 0.6 is 0 Å². The molecule has 1 aliphatic heterocycles. The second kappa shape index (κ2) is 7.55. The molecule has 1 heterocycles. The highest BCUT2D eigenvalue weighted by atomic mass is 19.1. The van der Waals surface area contributed by atoms with Crippen molar-refractivity contribution in [2.24, 2.45) is 5.92 Å². The number of aliphatic carboxylic acids is 1. The zero-order valence-corrected chi connectivity index (χ0v) is 13.2. The lowest BCUT2D eigenvalue weighted by Gasteiger charge is -2.34. The van der Waals surface area contributed by atoms with Gasteiger partial charge in [0.25, 0.3) is 0 Å². The highest BCUT2D eigenvalue weighted by Crippen LogP contribution is 2.22. The third-order valence-electron chi connectivity index (χ3n) is 4.37. The van der Waals surface area contributed by atoms with Crippen LogP contribution in [0.2, 0.25) is 0 Å². The van der Waals surface area contributed by atoms with Gasteiger partial charge in [-0.25, -0.2) is 9.18 Å². The fourth-order valence-corrected chi connectivity index (χ4v) is 2.68. The summed E-state index contributed by atoms with van der Waals surface area (Å²) in [6.45, 7) is 2.36. The molecule has 1 fully saturated rings. The fourth-order valence-electron chi connectivity index (χ4n) is 2.68. The van der Waals surface area contributed by atoms with E-state index in [1.807, 2.05) is 0 Å². The molecule has 0 spiro atoms. The van der Waals surface area contributed by atoms with Crippen molar-refractivity contribution in [1.29, 1.82) is 0 Å². The van der Waals surface area contributed by atoms with Gasteiger partial charge in [-0.2, -0.15) is 0 Å². The van der Waals surface area contributed by atoms with Gasteiger partial charge in [-0.3, -0.25) is 4.79 Å². The zero-order chi connectivity index (χ0) is 16.9. The summed E-state index contributed by atoms with van der Waals surface area (Å²) < 4.78 is 18.8. The Bertz CT molecular complexity index is 569. The van der Waals surface area contributed by atoms with Crippen molar-refractivity contribution in [2.45, 2.75) is 38.1 Å². The number of carbonyl (C=O) groups excluding carboxylic acids is 1. The monoisotopic (exact) mass is 323 g/mol. The van der Waals surface area contributed by atoms with Gasteiger partial charge in [0.2, 0.25) is 5.91 Å². The summed E-state index contributed by atoms with van der Waals surface area (Å²) in [5.74, 6) is -2.03. The molecule has 0 radical (unpaired) electrons. The van der Waals surface area contributed by atoms with Gasteiger partial charge in [-0.05, 0) is 24.5 Å². The number of nitrogens with one attached hydrogen (secondary N) is 1. The number of aryl methyl sites for hydroxylation is 1. The van der Waals surface area contributed by atoms with Crippen LogP contribution in [0.5, 0.6) is 0 Å². The summed E-state index contributed by atoms with van der Waals surface area (Å²) in [6, 6.07) is 6.46. The number of amides is 1. The molecule has 2 rings (SSSR count). The van der Waals surface area contributed by atoms with Crippen LogP contribution < -0.4 is 5.32 Å². The lowest BCUT2D eigenvalue weighted by Crippen LogP contribution is -2.58. The minimum Gasteiger partial charge on any atom is -0.480 e. The predicted molar refractivity (Wildman–Crippen MR) is 82.4 cm³/mol. The summed E-state index contributed by atoms with van der Waals surface area (Å²) in [6.07, 6.45) is 1.41. The van der Waals surface area contributed by atoms with Crippen LogP contribution in [0.25, 0.3) is 0 Å². The number of carboxylic acid groups (broad SMARTS) is 1. The van der Waals surface area contributed by atoms with Crippen molar-refractivity contribution in [1.82, 2.24) is 5.32 Å². The third kappa shape index (κ3) is 4.28. The second-order valence-corrected chi connectivity index (χ2v) is 6.02. The van der Waals surface area contributed by atoms with E-state index >= 15 is 0 Å². The first kappa shape index (κ1) is 17.4. The molecule has 1 aromatic carbocycles. The maximum absolute atomic E-state index is 13.6. The molecule has 23 heavy (non-hydrogen) atoms. The summed E-state index contributed by atoms with van der Waals surface area (Å²) in [5, 5.41) is 12.1. The molecular formula is C17H22FNO4. The number of rotatable bonds is 6. The molecular weight excluding hydrogens is 301 g/mol. The number of hydrogen-bond donors (Lipinski definition) is 2. The van der Waals surface area contributed by atoms with Crippen molar-refractivity contribution in [3.8, 4) is 0 Å². The number of ether oxygens (including phenoxy) is 1. The third-order valence-corrected chi connectivity index (χ3v) is 4.37. The fraction of sp³-hybridized carbons (Fsp3) is 0.529. The van der Waals surface area contributed by atoms with Crippen molar-refractivity contribution >= 4 is 11.9 Å². The quantitative estimate of drug-likeness (QED) is 0.841. The minimum atomic E-state index is -1.25. The first-order valence-electron chi connectivity index (χ1n) is 7.81. The highest BCUT2D eigenvalue weighted by molar-refractivity contribution is 5.88. The van der Waals surface area contributed by atoms with Crippen LogP contribution in [0.15, 0.2) is 24.3 Å². The maximum atomic E-state index is 13.6. The lowest BCUT2D eigenvalue weighted by molar-refractivity contribution is -0.152. The molecule has 1 aliphatic rings. The van der Waals surface area contributed by atoms with Crippen LogP contribution in [0.3, 0.4) is 0 Å². The largest absolute Gasteiger partial charge is 0.480 e. The topological polar surface area (TPSA) is 75.6 Å². The SMILES string of the molecule is CC(CCc1ccccc1F)C(=O)NC1(C(=O)O)CCOCC1. The van der Waals surface area contributed by atoms with Crippen LogP contribution in [0, 0.1) is 11.7 Å². The number of halogens is 1. The van der Waals surface area contributed by atoms with E-state index in [2.05, 4.69) is 5.32 Å². The van der Waals surface area contributed by atoms with Crippen molar-refractivity contribution < 1.29 is 23.8 Å². The first-order chi connectivity index (χ1) is 10.9. The van der Waals surface area contributed by atoms with Crippen LogP contribution in [-0.4, -0.2) is 35.7 Å². The standard InChI is InChI=1S/C17H22FNO4/c1-12(6-7-13-4-2-3-5-14(13)18)15(20)19-17(16(21)22)8-10-23-11-9-17/h2-5,12H,6-11H2,1H3,(H,19,20)(H,21,22). The van der Waals surface area contributed by atoms with Gasteiger partial charge in [0.05, 0.1) is 0 Å². The van der Waals surface area contributed by atoms with Crippen LogP contribution in [-0.2, 0) is 20.7 Å². The number of benzene rings is 1. The smallest absolute Gasteiger partial charge is 0.329 e. The molecule has 1 aromatic rings. The number of carbonyl (C=O) groups is 2. The number of carboxylic acids is 1. The van der Waals surface area contributed by atoms with Gasteiger partial charge < -0.3 is 15.2 Å². The first-order valence-corrected chi connectivity index (χ1v) is 7.81. The zero-order valence-electron chi connectivity index (χ0n) is 13.2. The Morgan fingerprint density at radius 2 is 2.00 bits per heavy atom. The maximum Gasteiger partial charge on any atom is 0.329 e. The lowest BCUT2D eigenvalue weighted by atomic mass is 9.89. The van der Waals surface area contributed by atoms with Gasteiger partial charge >= 0.3 is 5.97 Å². The Kier molecular flexibility index (Phi) is 5.71. The molecule has 1 atom stereocenters. The Morgan fingerprint density at radius 3 is 2.61 bits per heavy atom. The van der Waals surface area contributed by atoms with Gasteiger partial charge in [0.15, 0.2) is 0 Å². The van der Waals surface area contributed by atoms with E-state index in [1.54, 1.807) is 25.1 Å². The van der Waals surface area contributed by atoms with E-state index in [0.29, 0.717) is 31.6 Å². The summed E-state index contributed by atoms with van der Waals surface area (Å²) in [7, 11) is 0. The van der Waals surface area contributed by atoms with E-state index < -0.39 is 17.4 Å². The van der Waals surface area contributed by atoms with Crippen molar-refractivity contribution in [3.05, 3.63) is 35.6 Å². The van der Waals surface area contributed by atoms with Gasteiger partial charge in [-0.15, -0.1) is 0 Å². The van der Waals surface area contributed by atoms with Crippen molar-refractivity contribution in [3.63, 3.8) is 0 Å². The predicted octanol–water partition coefficient (Wildman–Crippen LogP) is 2.14. The summed E-state index contributed by atoms with van der Waals surface area (Å²) >= 11 is 0. The average Bonchev–Trinajstić information content (AvgIpc) is 2.54. The van der Waals surface area contributed by atoms with E-state index in [4.69, 9.17) is 4.74 Å². The molecule has 0 bridgehead atoms. The van der Waals surface area contributed by atoms with E-state index in [9.17, 15) is 19.1 Å².